The van der Waals surface area contributed by atoms with Crippen LogP contribution in [0.1, 0.15) is 24.1 Å². The minimum Gasteiger partial charge on any atom is -0.417 e. The molecular formula is C13H13N3O3. The Morgan fingerprint density at radius 2 is 2.21 bits per heavy atom. The Morgan fingerprint density at radius 1 is 1.37 bits per heavy atom. The Hall–Kier alpha value is -2.24. The first kappa shape index (κ1) is 10.7. The highest BCUT2D eigenvalue weighted by Crippen LogP contribution is 2.34. The molecule has 0 radical (unpaired) electrons. The Bertz CT molecular complexity index is 787. The van der Waals surface area contributed by atoms with Gasteiger partial charge in [0.15, 0.2) is 0 Å². The lowest BCUT2D eigenvalue weighted by Crippen LogP contribution is -2.22. The van der Waals surface area contributed by atoms with Crippen molar-refractivity contribution in [2.24, 2.45) is 0 Å². The summed E-state index contributed by atoms with van der Waals surface area (Å²) < 4.78 is 6.57. The second-order valence-electron chi connectivity index (χ2n) is 4.87. The van der Waals surface area contributed by atoms with E-state index in [-0.39, 0.29) is 0 Å². The topological polar surface area (TPSA) is 67.1 Å². The van der Waals surface area contributed by atoms with Gasteiger partial charge in [0, 0.05) is 5.16 Å². The zero-order chi connectivity index (χ0) is 13.0. The van der Waals surface area contributed by atoms with Gasteiger partial charge in [-0.05, 0) is 48.3 Å². The average Bonchev–Trinajstić information content (AvgIpc) is 2.97. The zero-order valence-corrected chi connectivity index (χ0v) is 10.5. The van der Waals surface area contributed by atoms with E-state index >= 15 is 0 Å². The number of aromatic nitrogens is 3. The molecule has 0 aliphatic heterocycles. The van der Waals surface area contributed by atoms with Crippen LogP contribution < -0.4 is 9.74 Å². The van der Waals surface area contributed by atoms with Crippen molar-refractivity contribution in [3.63, 3.8) is 0 Å². The summed E-state index contributed by atoms with van der Waals surface area (Å²) in [6.45, 7) is 0. The van der Waals surface area contributed by atoms with Gasteiger partial charge in [-0.1, -0.05) is 0 Å². The van der Waals surface area contributed by atoms with Gasteiger partial charge in [0.1, 0.15) is 7.11 Å². The summed E-state index contributed by atoms with van der Waals surface area (Å²) in [4.78, 5) is 5.95. The largest absolute Gasteiger partial charge is 0.417 e. The van der Waals surface area contributed by atoms with Crippen LogP contribution in [0.5, 0.6) is 0 Å². The molecule has 6 nitrogen and oxygen atoms in total. The molecule has 0 saturated carbocycles. The molecule has 2 aromatic heterocycles. The maximum Gasteiger partial charge on any atom is 0.258 e. The van der Waals surface area contributed by atoms with E-state index < -0.39 is 0 Å². The molecule has 1 aromatic carbocycles. The van der Waals surface area contributed by atoms with Crippen molar-refractivity contribution >= 4 is 21.9 Å². The molecule has 0 amide bonds. The van der Waals surface area contributed by atoms with Gasteiger partial charge in [-0.25, -0.2) is 0 Å². The lowest BCUT2D eigenvalue weighted by Gasteiger charge is -2.13. The van der Waals surface area contributed by atoms with E-state index in [9.17, 15) is 5.21 Å². The van der Waals surface area contributed by atoms with Crippen LogP contribution in [0.4, 0.5) is 0 Å². The monoisotopic (exact) mass is 259 g/mol. The van der Waals surface area contributed by atoms with E-state index in [0.29, 0.717) is 15.9 Å². The number of nitrogens with zero attached hydrogens (tertiary/aromatic N) is 3. The fraction of sp³-hybridized carbons (Fsp3) is 0.385. The number of rotatable bonds is 1. The van der Waals surface area contributed by atoms with Gasteiger partial charge in [-0.3, -0.25) is 4.63 Å². The van der Waals surface area contributed by atoms with E-state index in [4.69, 9.17) is 9.47 Å². The molecule has 0 bridgehead atoms. The minimum atomic E-state index is 0.453. The van der Waals surface area contributed by atoms with E-state index in [0.717, 1.165) is 36.6 Å². The maximum absolute atomic E-state index is 11.5. The Morgan fingerprint density at radius 3 is 3.05 bits per heavy atom. The molecule has 0 N–H and O–H groups in total. The third kappa shape index (κ3) is 1.26. The first-order valence-electron chi connectivity index (χ1n) is 6.40. The fourth-order valence-corrected chi connectivity index (χ4v) is 3.13. The molecule has 0 spiro atoms. The van der Waals surface area contributed by atoms with Gasteiger partial charge in [-0.15, -0.1) is 0 Å². The third-order valence-electron chi connectivity index (χ3n) is 3.92. The van der Waals surface area contributed by atoms with Crippen molar-refractivity contribution in [2.45, 2.75) is 25.7 Å². The summed E-state index contributed by atoms with van der Waals surface area (Å²) in [5, 5.41) is 16.4. The smallest absolute Gasteiger partial charge is 0.258 e. The van der Waals surface area contributed by atoms with Gasteiger partial charge in [0.2, 0.25) is 5.52 Å². The van der Waals surface area contributed by atoms with Crippen LogP contribution in [0, 0.1) is 5.21 Å². The summed E-state index contributed by atoms with van der Waals surface area (Å²) in [5.74, 6) is 0. The SMILES string of the molecule is COn1c2c(c3c4no[n+]([O-])c4ccc31)CCCC2. The van der Waals surface area contributed by atoms with Crippen LogP contribution in [0.2, 0.25) is 0 Å². The molecule has 4 rings (SSSR count). The fourth-order valence-electron chi connectivity index (χ4n) is 3.13. The van der Waals surface area contributed by atoms with Crippen LogP contribution in [-0.2, 0) is 12.8 Å². The Kier molecular flexibility index (Phi) is 2.04. The Balaban J connectivity index is 2.21. The van der Waals surface area contributed by atoms with Gasteiger partial charge in [-0.2, -0.15) is 4.73 Å². The zero-order valence-electron chi connectivity index (χ0n) is 10.5. The van der Waals surface area contributed by atoms with E-state index in [2.05, 4.69) is 5.16 Å². The van der Waals surface area contributed by atoms with Gasteiger partial charge < -0.3 is 10.0 Å². The molecule has 2 heterocycles. The highest BCUT2D eigenvalue weighted by atomic mass is 16.8. The van der Waals surface area contributed by atoms with Crippen molar-refractivity contribution in [3.05, 3.63) is 28.6 Å². The second kappa shape index (κ2) is 3.63. The standard InChI is InChI=1S/C13H13N3O3/c1-18-15-9-5-3-2-4-8(9)12-10(15)6-7-11-13(12)14-19-16(11)17/h6-7H,2-5H2,1H3. The van der Waals surface area contributed by atoms with Crippen LogP contribution in [0.25, 0.3) is 21.9 Å². The van der Waals surface area contributed by atoms with Crippen LogP contribution in [0.3, 0.4) is 0 Å². The average molecular weight is 259 g/mol. The highest BCUT2D eigenvalue weighted by Gasteiger charge is 2.26. The number of hydrogen-bond donors (Lipinski definition) is 0. The van der Waals surface area contributed by atoms with Crippen molar-refractivity contribution in [2.75, 3.05) is 7.11 Å². The molecule has 3 aromatic rings. The highest BCUT2D eigenvalue weighted by molar-refractivity contribution is 6.04. The normalized spacial score (nSPS) is 15.0. The van der Waals surface area contributed by atoms with E-state index in [1.165, 1.54) is 11.3 Å². The molecule has 0 atom stereocenters. The third-order valence-corrected chi connectivity index (χ3v) is 3.92. The van der Waals surface area contributed by atoms with Crippen LogP contribution in [0.15, 0.2) is 16.8 Å². The number of hydrogen-bond acceptors (Lipinski definition) is 4. The van der Waals surface area contributed by atoms with Gasteiger partial charge in [0.25, 0.3) is 5.52 Å². The summed E-state index contributed by atoms with van der Waals surface area (Å²) in [6, 6.07) is 3.62. The summed E-state index contributed by atoms with van der Waals surface area (Å²) in [5.41, 5.74) is 4.48. The quantitative estimate of drug-likeness (QED) is 0.619. The van der Waals surface area contributed by atoms with Crippen molar-refractivity contribution in [1.82, 2.24) is 9.89 Å². The summed E-state index contributed by atoms with van der Waals surface area (Å²) in [6.07, 6.45) is 4.30. The van der Waals surface area contributed by atoms with Crippen LogP contribution >= 0.6 is 0 Å². The first-order chi connectivity index (χ1) is 9.31. The molecular weight excluding hydrogens is 246 g/mol. The molecule has 98 valence electrons. The van der Waals surface area contributed by atoms with Crippen molar-refractivity contribution in [3.8, 4) is 0 Å². The summed E-state index contributed by atoms with van der Waals surface area (Å²) >= 11 is 0. The molecule has 6 heteroatoms. The first-order valence-corrected chi connectivity index (χ1v) is 6.40. The molecule has 19 heavy (non-hydrogen) atoms. The van der Waals surface area contributed by atoms with Crippen molar-refractivity contribution in [1.29, 1.82) is 0 Å². The number of aryl methyl sites for hydroxylation is 1. The number of fused-ring (bicyclic) bond motifs is 5. The lowest BCUT2D eigenvalue weighted by atomic mass is 9.95. The Labute approximate surface area is 108 Å². The van der Waals surface area contributed by atoms with E-state index in [1.54, 1.807) is 13.2 Å². The molecule has 0 fully saturated rings. The van der Waals surface area contributed by atoms with Crippen molar-refractivity contribution < 1.29 is 14.4 Å². The predicted molar refractivity (Wildman–Crippen MR) is 67.6 cm³/mol. The molecule has 1 aliphatic rings. The second-order valence-corrected chi connectivity index (χ2v) is 4.87. The van der Waals surface area contributed by atoms with Gasteiger partial charge >= 0.3 is 0 Å². The maximum atomic E-state index is 11.5. The van der Waals surface area contributed by atoms with Gasteiger partial charge in [0.05, 0.1) is 16.6 Å². The molecule has 0 unspecified atom stereocenters. The number of benzene rings is 1. The minimum absolute atomic E-state index is 0.453. The lowest BCUT2D eigenvalue weighted by molar-refractivity contribution is -0.782. The van der Waals surface area contributed by atoms with Crippen LogP contribution in [-0.4, -0.2) is 17.0 Å². The predicted octanol–water partition coefficient (Wildman–Crippen LogP) is 1.35. The van der Waals surface area contributed by atoms with E-state index in [1.807, 2.05) is 10.8 Å². The summed E-state index contributed by atoms with van der Waals surface area (Å²) in [7, 11) is 1.66. The molecule has 0 saturated heterocycles. The molecule has 1 aliphatic carbocycles.